The second-order valence-electron chi connectivity index (χ2n) is 2.12. The molecule has 0 fully saturated rings. The molecule has 1 rings (SSSR count). The first-order valence-corrected chi connectivity index (χ1v) is 3.04. The van der Waals surface area contributed by atoms with Crippen molar-refractivity contribution in [1.82, 2.24) is 4.98 Å². The maximum absolute atomic E-state index is 8.57. The lowest BCUT2D eigenvalue weighted by molar-refractivity contribution is 0.276. The summed E-state index contributed by atoms with van der Waals surface area (Å²) < 4.78 is 4.92. The van der Waals surface area contributed by atoms with Gasteiger partial charge in [0.2, 0.25) is 5.89 Å². The van der Waals surface area contributed by atoms with E-state index in [1.165, 1.54) is 6.26 Å². The van der Waals surface area contributed by atoms with Gasteiger partial charge in [0.1, 0.15) is 12.0 Å². The standard InChI is InChI=1S/C6H10N2O2/c1-4(7)6-8-5(2-9)3-10-6/h3-4,9H,2,7H2,1H3. The van der Waals surface area contributed by atoms with E-state index in [9.17, 15) is 0 Å². The van der Waals surface area contributed by atoms with Gasteiger partial charge < -0.3 is 15.3 Å². The van der Waals surface area contributed by atoms with Crippen molar-refractivity contribution in [1.29, 1.82) is 0 Å². The molecule has 0 saturated heterocycles. The van der Waals surface area contributed by atoms with Crippen LogP contribution in [0.5, 0.6) is 0 Å². The number of hydrogen-bond donors (Lipinski definition) is 2. The molecule has 56 valence electrons. The molecule has 0 bridgehead atoms. The maximum Gasteiger partial charge on any atom is 0.210 e. The van der Waals surface area contributed by atoms with Crippen LogP contribution in [0.4, 0.5) is 0 Å². The van der Waals surface area contributed by atoms with Crippen molar-refractivity contribution in [3.8, 4) is 0 Å². The molecule has 0 radical (unpaired) electrons. The number of aliphatic hydroxyl groups excluding tert-OH is 1. The molecule has 1 atom stereocenters. The first-order valence-electron chi connectivity index (χ1n) is 3.04. The highest BCUT2D eigenvalue weighted by Gasteiger charge is 2.05. The van der Waals surface area contributed by atoms with Crippen molar-refractivity contribution >= 4 is 0 Å². The Balaban J connectivity index is 2.78. The predicted molar refractivity (Wildman–Crippen MR) is 35.0 cm³/mol. The van der Waals surface area contributed by atoms with Gasteiger partial charge in [-0.3, -0.25) is 0 Å². The molecule has 1 aromatic rings. The molecular formula is C6H10N2O2. The molecule has 0 saturated carbocycles. The molecule has 4 heteroatoms. The van der Waals surface area contributed by atoms with Gasteiger partial charge >= 0.3 is 0 Å². The lowest BCUT2D eigenvalue weighted by Crippen LogP contribution is -2.05. The van der Waals surface area contributed by atoms with Gasteiger partial charge in [0.15, 0.2) is 0 Å². The lowest BCUT2D eigenvalue weighted by Gasteiger charge is -1.94. The first-order chi connectivity index (χ1) is 4.74. The van der Waals surface area contributed by atoms with Crippen LogP contribution in [0, 0.1) is 0 Å². The zero-order chi connectivity index (χ0) is 7.56. The van der Waals surface area contributed by atoms with E-state index in [0.717, 1.165) is 0 Å². The van der Waals surface area contributed by atoms with Crippen LogP contribution in [-0.2, 0) is 6.61 Å². The normalized spacial score (nSPS) is 13.5. The Hall–Kier alpha value is -0.870. The molecule has 0 aliphatic rings. The summed E-state index contributed by atoms with van der Waals surface area (Å²) in [7, 11) is 0. The van der Waals surface area contributed by atoms with Gasteiger partial charge in [-0.1, -0.05) is 0 Å². The van der Waals surface area contributed by atoms with Gasteiger partial charge in [0.25, 0.3) is 0 Å². The van der Waals surface area contributed by atoms with Crippen LogP contribution < -0.4 is 5.73 Å². The summed E-state index contributed by atoms with van der Waals surface area (Å²) in [5.74, 6) is 0.462. The van der Waals surface area contributed by atoms with Gasteiger partial charge in [0.05, 0.1) is 12.6 Å². The Morgan fingerprint density at radius 1 is 1.90 bits per heavy atom. The molecule has 1 heterocycles. The van der Waals surface area contributed by atoms with Crippen molar-refractivity contribution in [2.24, 2.45) is 5.73 Å². The predicted octanol–water partition coefficient (Wildman–Crippen LogP) is 0.187. The van der Waals surface area contributed by atoms with Crippen molar-refractivity contribution in [3.63, 3.8) is 0 Å². The van der Waals surface area contributed by atoms with Crippen LogP contribution in [0.15, 0.2) is 10.7 Å². The smallest absolute Gasteiger partial charge is 0.210 e. The number of nitrogens with two attached hydrogens (primary N) is 1. The summed E-state index contributed by atoms with van der Waals surface area (Å²) in [4.78, 5) is 3.89. The van der Waals surface area contributed by atoms with Crippen LogP contribution >= 0.6 is 0 Å². The molecule has 10 heavy (non-hydrogen) atoms. The summed E-state index contributed by atoms with van der Waals surface area (Å²) in [6.45, 7) is 1.67. The zero-order valence-corrected chi connectivity index (χ0v) is 5.74. The Morgan fingerprint density at radius 2 is 2.60 bits per heavy atom. The van der Waals surface area contributed by atoms with Gasteiger partial charge in [-0.15, -0.1) is 0 Å². The monoisotopic (exact) mass is 142 g/mol. The second kappa shape index (κ2) is 2.81. The van der Waals surface area contributed by atoms with Crippen LogP contribution in [-0.4, -0.2) is 10.1 Å². The Bertz CT molecular complexity index is 207. The Kier molecular flexibility index (Phi) is 2.03. The largest absolute Gasteiger partial charge is 0.447 e. The Labute approximate surface area is 58.7 Å². The van der Waals surface area contributed by atoms with Gasteiger partial charge in [-0.25, -0.2) is 4.98 Å². The van der Waals surface area contributed by atoms with E-state index in [0.29, 0.717) is 11.6 Å². The summed E-state index contributed by atoms with van der Waals surface area (Å²) in [6, 6.07) is -0.208. The minimum absolute atomic E-state index is 0.101. The highest BCUT2D eigenvalue weighted by molar-refractivity contribution is 4.96. The minimum atomic E-state index is -0.208. The third-order valence-corrected chi connectivity index (χ3v) is 1.12. The average Bonchev–Trinajstić information content (AvgIpc) is 2.34. The van der Waals surface area contributed by atoms with Crippen molar-refractivity contribution in [3.05, 3.63) is 17.8 Å². The molecule has 0 aliphatic carbocycles. The molecule has 0 amide bonds. The van der Waals surface area contributed by atoms with Crippen LogP contribution in [0.2, 0.25) is 0 Å². The van der Waals surface area contributed by atoms with Crippen molar-refractivity contribution in [2.75, 3.05) is 0 Å². The lowest BCUT2D eigenvalue weighted by atomic mass is 10.4. The van der Waals surface area contributed by atoms with Gasteiger partial charge in [-0.05, 0) is 6.92 Å². The first kappa shape index (κ1) is 7.24. The highest BCUT2D eigenvalue weighted by Crippen LogP contribution is 2.08. The Morgan fingerprint density at radius 3 is 2.90 bits per heavy atom. The number of aliphatic hydroxyl groups is 1. The molecule has 1 unspecified atom stereocenters. The van der Waals surface area contributed by atoms with E-state index >= 15 is 0 Å². The van der Waals surface area contributed by atoms with E-state index in [1.807, 2.05) is 0 Å². The fraction of sp³-hybridized carbons (Fsp3) is 0.500. The van der Waals surface area contributed by atoms with E-state index in [-0.39, 0.29) is 12.6 Å². The third-order valence-electron chi connectivity index (χ3n) is 1.12. The summed E-state index contributed by atoms with van der Waals surface area (Å²) in [5.41, 5.74) is 5.96. The highest BCUT2D eigenvalue weighted by atomic mass is 16.3. The fourth-order valence-corrected chi connectivity index (χ4v) is 0.604. The van der Waals surface area contributed by atoms with E-state index in [1.54, 1.807) is 6.92 Å². The average molecular weight is 142 g/mol. The topological polar surface area (TPSA) is 72.3 Å². The molecule has 4 nitrogen and oxygen atoms in total. The molecule has 0 spiro atoms. The van der Waals surface area contributed by atoms with Crippen LogP contribution in [0.3, 0.4) is 0 Å². The summed E-state index contributed by atoms with van der Waals surface area (Å²) in [5, 5.41) is 8.57. The van der Waals surface area contributed by atoms with E-state index < -0.39 is 0 Å². The van der Waals surface area contributed by atoms with Gasteiger partial charge in [-0.2, -0.15) is 0 Å². The number of nitrogens with zero attached hydrogens (tertiary/aromatic N) is 1. The molecular weight excluding hydrogens is 132 g/mol. The van der Waals surface area contributed by atoms with Crippen molar-refractivity contribution < 1.29 is 9.52 Å². The van der Waals surface area contributed by atoms with Crippen molar-refractivity contribution in [2.45, 2.75) is 19.6 Å². The van der Waals surface area contributed by atoms with Gasteiger partial charge in [0, 0.05) is 0 Å². The molecule has 0 aromatic carbocycles. The summed E-state index contributed by atoms with van der Waals surface area (Å²) >= 11 is 0. The second-order valence-corrected chi connectivity index (χ2v) is 2.12. The molecule has 0 aliphatic heterocycles. The number of hydrogen-bond acceptors (Lipinski definition) is 4. The summed E-state index contributed by atoms with van der Waals surface area (Å²) in [6.07, 6.45) is 1.40. The minimum Gasteiger partial charge on any atom is -0.447 e. The van der Waals surface area contributed by atoms with Crippen LogP contribution in [0.25, 0.3) is 0 Å². The quantitative estimate of drug-likeness (QED) is 0.618. The number of rotatable bonds is 2. The number of aromatic nitrogens is 1. The SMILES string of the molecule is CC(N)c1nc(CO)co1. The fourth-order valence-electron chi connectivity index (χ4n) is 0.604. The third kappa shape index (κ3) is 1.34. The molecule has 1 aromatic heterocycles. The maximum atomic E-state index is 8.57. The van der Waals surface area contributed by atoms with Crippen LogP contribution in [0.1, 0.15) is 24.6 Å². The zero-order valence-electron chi connectivity index (χ0n) is 5.74. The molecule has 3 N–H and O–H groups in total. The van der Waals surface area contributed by atoms with E-state index in [2.05, 4.69) is 4.98 Å². The van der Waals surface area contributed by atoms with E-state index in [4.69, 9.17) is 15.3 Å². The number of oxazole rings is 1.